The van der Waals surface area contributed by atoms with Gasteiger partial charge >= 0.3 is 0 Å². The van der Waals surface area contributed by atoms with Crippen LogP contribution < -0.4 is 0 Å². The van der Waals surface area contributed by atoms with Crippen LogP contribution in [-0.2, 0) is 13.0 Å². The molecule has 0 saturated carbocycles. The molecule has 1 atom stereocenters. The summed E-state index contributed by atoms with van der Waals surface area (Å²) in [4.78, 5) is 11.0. The normalized spacial score (nSPS) is 18.1. The lowest BCUT2D eigenvalue weighted by Crippen LogP contribution is -2.23. The molecule has 7 nitrogen and oxygen atoms in total. The molecule has 1 unspecified atom stereocenters. The maximum Gasteiger partial charge on any atom is 0.240 e. The van der Waals surface area contributed by atoms with Crippen LogP contribution in [0.15, 0.2) is 33.3 Å². The van der Waals surface area contributed by atoms with E-state index in [0.717, 1.165) is 24.9 Å². The van der Waals surface area contributed by atoms with E-state index in [4.69, 9.17) is 9.05 Å². The molecule has 0 radical (unpaired) electrons. The third-order valence-corrected chi connectivity index (χ3v) is 4.33. The fourth-order valence-electron chi connectivity index (χ4n) is 3.14. The van der Waals surface area contributed by atoms with Gasteiger partial charge in [0.1, 0.15) is 5.82 Å². The molecule has 0 aliphatic carbocycles. The lowest BCUT2D eigenvalue weighted by Gasteiger charge is -2.19. The molecular weight excluding hydrogens is 325 g/mol. The Bertz CT molecular complexity index is 845. The first-order valence-electron chi connectivity index (χ1n) is 8.27. The molecule has 2 aromatic heterocycles. The molecule has 130 valence electrons. The van der Waals surface area contributed by atoms with Crippen molar-refractivity contribution in [2.75, 3.05) is 6.54 Å². The minimum Gasteiger partial charge on any atom is -0.340 e. The van der Waals surface area contributed by atoms with E-state index in [1.165, 1.54) is 12.1 Å². The summed E-state index contributed by atoms with van der Waals surface area (Å²) in [6, 6.07) is 6.42. The van der Waals surface area contributed by atoms with Crippen molar-refractivity contribution in [1.29, 1.82) is 0 Å². The zero-order valence-corrected chi connectivity index (χ0v) is 13.9. The molecule has 1 aliphatic rings. The fraction of sp³-hybridized carbons (Fsp3) is 0.412. The number of hydrogen-bond donors (Lipinski definition) is 0. The Labute approximate surface area is 143 Å². The zero-order chi connectivity index (χ0) is 17.2. The van der Waals surface area contributed by atoms with E-state index in [0.29, 0.717) is 36.4 Å². The van der Waals surface area contributed by atoms with Gasteiger partial charge in [0.25, 0.3) is 0 Å². The first-order valence-corrected chi connectivity index (χ1v) is 8.27. The van der Waals surface area contributed by atoms with E-state index >= 15 is 0 Å². The summed E-state index contributed by atoms with van der Waals surface area (Å²) in [6.45, 7) is 3.26. The smallest absolute Gasteiger partial charge is 0.240 e. The van der Waals surface area contributed by atoms with Crippen LogP contribution in [0.1, 0.15) is 47.9 Å². The van der Waals surface area contributed by atoms with Crippen LogP contribution in [0.25, 0.3) is 0 Å². The number of aromatic nitrogens is 4. The van der Waals surface area contributed by atoms with Crippen molar-refractivity contribution in [3.63, 3.8) is 0 Å². The molecule has 0 bridgehead atoms. The molecular formula is C17H18FN5O2. The Kier molecular flexibility index (Phi) is 4.27. The fourth-order valence-corrected chi connectivity index (χ4v) is 3.14. The molecule has 8 heteroatoms. The minimum atomic E-state index is -0.255. The predicted octanol–water partition coefficient (Wildman–Crippen LogP) is 2.83. The number of halogens is 1. The first kappa shape index (κ1) is 15.9. The van der Waals surface area contributed by atoms with Crippen LogP contribution in [0.5, 0.6) is 0 Å². The lowest BCUT2D eigenvalue weighted by molar-refractivity contribution is 0.202. The van der Waals surface area contributed by atoms with Gasteiger partial charge in [-0.2, -0.15) is 9.97 Å². The van der Waals surface area contributed by atoms with Gasteiger partial charge in [-0.15, -0.1) is 0 Å². The maximum absolute atomic E-state index is 13.0. The first-order chi connectivity index (χ1) is 12.2. The molecule has 1 aliphatic heterocycles. The lowest BCUT2D eigenvalue weighted by atomic mass is 10.1. The summed E-state index contributed by atoms with van der Waals surface area (Å²) in [6.07, 6.45) is 2.56. The van der Waals surface area contributed by atoms with Gasteiger partial charge in [0.15, 0.2) is 11.6 Å². The molecule has 0 spiro atoms. The highest BCUT2D eigenvalue weighted by atomic mass is 19.1. The van der Waals surface area contributed by atoms with Crippen molar-refractivity contribution in [1.82, 2.24) is 25.2 Å². The van der Waals surface area contributed by atoms with Crippen LogP contribution in [-0.4, -0.2) is 31.7 Å². The average Bonchev–Trinajstić information content (AvgIpc) is 3.32. The standard InChI is InChI=1S/C17H18FN5O2/c1-11-19-17(22-24-11)14-3-2-8-23(14)10-16-20-15(21-25-16)9-12-4-6-13(18)7-5-12/h4-7,14H,2-3,8-10H2,1H3. The van der Waals surface area contributed by atoms with Gasteiger partial charge in [-0.3, -0.25) is 4.90 Å². The molecule has 25 heavy (non-hydrogen) atoms. The van der Waals surface area contributed by atoms with Crippen molar-refractivity contribution in [2.24, 2.45) is 0 Å². The largest absolute Gasteiger partial charge is 0.340 e. The van der Waals surface area contributed by atoms with E-state index < -0.39 is 0 Å². The molecule has 1 fully saturated rings. The number of nitrogens with zero attached hydrogens (tertiary/aromatic N) is 5. The highest BCUT2D eigenvalue weighted by Crippen LogP contribution is 2.31. The predicted molar refractivity (Wildman–Crippen MR) is 84.9 cm³/mol. The van der Waals surface area contributed by atoms with Gasteiger partial charge in [0.05, 0.1) is 12.6 Å². The molecule has 0 N–H and O–H groups in total. The van der Waals surface area contributed by atoms with Crippen LogP contribution in [0.3, 0.4) is 0 Å². The summed E-state index contributed by atoms with van der Waals surface area (Å²) in [5.74, 6) is 2.17. The van der Waals surface area contributed by atoms with Crippen molar-refractivity contribution < 1.29 is 13.4 Å². The van der Waals surface area contributed by atoms with Crippen molar-refractivity contribution in [3.05, 3.63) is 59.1 Å². The summed E-state index contributed by atoms with van der Waals surface area (Å²) in [5, 5.41) is 8.05. The average molecular weight is 343 g/mol. The Hall–Kier alpha value is -2.61. The monoisotopic (exact) mass is 343 g/mol. The number of hydrogen-bond acceptors (Lipinski definition) is 7. The van der Waals surface area contributed by atoms with E-state index in [2.05, 4.69) is 25.2 Å². The Morgan fingerprint density at radius 2 is 2.00 bits per heavy atom. The summed E-state index contributed by atoms with van der Waals surface area (Å²) >= 11 is 0. The SMILES string of the molecule is Cc1nc(C2CCCN2Cc2nc(Cc3ccc(F)cc3)no2)no1. The number of likely N-dealkylation sites (tertiary alicyclic amines) is 1. The Balaban J connectivity index is 1.42. The van der Waals surface area contributed by atoms with Crippen molar-refractivity contribution >= 4 is 0 Å². The van der Waals surface area contributed by atoms with Crippen molar-refractivity contribution in [3.8, 4) is 0 Å². The number of benzene rings is 1. The Morgan fingerprint density at radius 1 is 1.16 bits per heavy atom. The van der Waals surface area contributed by atoms with Crippen LogP contribution >= 0.6 is 0 Å². The quantitative estimate of drug-likeness (QED) is 0.704. The van der Waals surface area contributed by atoms with E-state index in [-0.39, 0.29) is 11.9 Å². The highest BCUT2D eigenvalue weighted by Gasteiger charge is 2.31. The molecule has 1 aromatic carbocycles. The maximum atomic E-state index is 13.0. The van der Waals surface area contributed by atoms with Gasteiger partial charge in [0, 0.05) is 13.3 Å². The summed E-state index contributed by atoms with van der Waals surface area (Å²) in [5.41, 5.74) is 0.940. The highest BCUT2D eigenvalue weighted by molar-refractivity contribution is 5.19. The number of rotatable bonds is 5. The van der Waals surface area contributed by atoms with Gasteiger partial charge in [-0.1, -0.05) is 22.4 Å². The summed E-state index contributed by atoms with van der Waals surface area (Å²) in [7, 11) is 0. The van der Waals surface area contributed by atoms with E-state index in [9.17, 15) is 4.39 Å². The van der Waals surface area contributed by atoms with Crippen molar-refractivity contribution in [2.45, 2.75) is 38.8 Å². The van der Waals surface area contributed by atoms with E-state index in [1.54, 1.807) is 19.1 Å². The zero-order valence-electron chi connectivity index (χ0n) is 13.9. The molecule has 4 rings (SSSR count). The second kappa shape index (κ2) is 6.72. The van der Waals surface area contributed by atoms with Crippen LogP contribution in [0.2, 0.25) is 0 Å². The van der Waals surface area contributed by atoms with Gasteiger partial charge in [-0.25, -0.2) is 4.39 Å². The van der Waals surface area contributed by atoms with Gasteiger partial charge < -0.3 is 9.05 Å². The van der Waals surface area contributed by atoms with E-state index in [1.807, 2.05) is 0 Å². The van der Waals surface area contributed by atoms with Crippen LogP contribution in [0, 0.1) is 12.7 Å². The third-order valence-electron chi connectivity index (χ3n) is 4.33. The second-order valence-corrected chi connectivity index (χ2v) is 6.21. The molecule has 3 aromatic rings. The molecule has 0 amide bonds. The molecule has 1 saturated heterocycles. The van der Waals surface area contributed by atoms with Gasteiger partial charge in [-0.05, 0) is 37.1 Å². The van der Waals surface area contributed by atoms with Crippen LogP contribution in [0.4, 0.5) is 4.39 Å². The third kappa shape index (κ3) is 3.58. The number of aryl methyl sites for hydroxylation is 1. The minimum absolute atomic E-state index is 0.116. The second-order valence-electron chi connectivity index (χ2n) is 6.21. The topological polar surface area (TPSA) is 81.1 Å². The summed E-state index contributed by atoms with van der Waals surface area (Å²) < 4.78 is 23.4. The Morgan fingerprint density at radius 3 is 2.76 bits per heavy atom. The molecule has 3 heterocycles. The van der Waals surface area contributed by atoms with Gasteiger partial charge in [0.2, 0.25) is 11.8 Å².